The van der Waals surface area contributed by atoms with Crippen LogP contribution in [0.2, 0.25) is 0 Å². The van der Waals surface area contributed by atoms with Gasteiger partial charge in [0, 0.05) is 16.6 Å². The van der Waals surface area contributed by atoms with Crippen LogP contribution in [0.3, 0.4) is 0 Å². The fourth-order valence-electron chi connectivity index (χ4n) is 3.26. The Kier molecular flexibility index (Phi) is 5.91. The van der Waals surface area contributed by atoms with Crippen molar-refractivity contribution in [3.8, 4) is 11.1 Å². The number of rotatable bonds is 4. The van der Waals surface area contributed by atoms with Gasteiger partial charge in [0.25, 0.3) is 5.91 Å². The average molecular weight is 429 g/mol. The molecule has 0 aliphatic heterocycles. The molecule has 0 unspecified atom stereocenters. The minimum Gasteiger partial charge on any atom is -0.422 e. The fraction of sp³-hybridized carbons (Fsp3) is 0.0800. The molecule has 4 aromatic rings. The van der Waals surface area contributed by atoms with Gasteiger partial charge in [0.1, 0.15) is 5.58 Å². The summed E-state index contributed by atoms with van der Waals surface area (Å²) in [5.41, 5.74) is 3.61. The summed E-state index contributed by atoms with van der Waals surface area (Å²) in [7, 11) is 0. The molecule has 1 heterocycles. The van der Waals surface area contributed by atoms with Crippen molar-refractivity contribution in [2.75, 3.05) is 5.32 Å². The van der Waals surface area contributed by atoms with Gasteiger partial charge < -0.3 is 9.73 Å². The molecule has 0 aliphatic rings. The molecular weight excluding hydrogens is 408 g/mol. The number of hydrogen-bond donors (Lipinski definition) is 2. The topological polar surface area (TPSA) is 71.3 Å². The van der Waals surface area contributed by atoms with Gasteiger partial charge in [-0.25, -0.2) is 4.79 Å². The Labute approximate surface area is 184 Å². The van der Waals surface area contributed by atoms with Gasteiger partial charge in [-0.2, -0.15) is 0 Å². The molecule has 0 bridgehead atoms. The summed E-state index contributed by atoms with van der Waals surface area (Å²) in [5.74, 6) is -0.286. The molecule has 0 spiro atoms. The van der Waals surface area contributed by atoms with Crippen molar-refractivity contribution in [3.05, 3.63) is 100 Å². The van der Waals surface area contributed by atoms with Crippen LogP contribution in [0.15, 0.2) is 88.1 Å². The average Bonchev–Trinajstić information content (AvgIpc) is 2.78. The first kappa shape index (κ1) is 20.5. The lowest BCUT2D eigenvalue weighted by Crippen LogP contribution is -2.34. The first-order chi connectivity index (χ1) is 15.0. The predicted octanol–water partition coefficient (Wildman–Crippen LogP) is 5.15. The number of aryl methyl sites for hydroxylation is 1. The third kappa shape index (κ3) is 4.70. The standard InChI is InChI=1S/C25H20N2O3S/c1-2-16-10-12-17(13-11-16)23(28)27-25(31)26-20-8-5-7-18(14-20)21-15-19-6-3-4-9-22(19)30-24(21)29/h3-15H,2H2,1H3,(H2,26,27,28,31). The summed E-state index contributed by atoms with van der Waals surface area (Å²) in [5, 5.41) is 6.69. The Bertz CT molecular complexity index is 1330. The lowest BCUT2D eigenvalue weighted by Gasteiger charge is -2.11. The van der Waals surface area contributed by atoms with Crippen LogP contribution in [-0.2, 0) is 6.42 Å². The van der Waals surface area contributed by atoms with Crippen molar-refractivity contribution in [1.29, 1.82) is 0 Å². The number of hydrogen-bond acceptors (Lipinski definition) is 4. The van der Waals surface area contributed by atoms with E-state index in [2.05, 4.69) is 17.6 Å². The van der Waals surface area contributed by atoms with Crippen LogP contribution in [0.4, 0.5) is 5.69 Å². The largest absolute Gasteiger partial charge is 0.422 e. The van der Waals surface area contributed by atoms with Gasteiger partial charge in [-0.1, -0.05) is 49.4 Å². The highest BCUT2D eigenvalue weighted by Gasteiger charge is 2.11. The van der Waals surface area contributed by atoms with Crippen molar-refractivity contribution in [1.82, 2.24) is 5.32 Å². The molecular formula is C25H20N2O3S. The number of fused-ring (bicyclic) bond motifs is 1. The molecule has 0 atom stereocenters. The monoisotopic (exact) mass is 428 g/mol. The van der Waals surface area contributed by atoms with E-state index >= 15 is 0 Å². The molecule has 154 valence electrons. The van der Waals surface area contributed by atoms with Gasteiger partial charge in [-0.05, 0) is 66.2 Å². The smallest absolute Gasteiger partial charge is 0.344 e. The second kappa shape index (κ2) is 8.93. The van der Waals surface area contributed by atoms with E-state index in [1.54, 1.807) is 42.5 Å². The van der Waals surface area contributed by atoms with Gasteiger partial charge in [-0.3, -0.25) is 10.1 Å². The Morgan fingerprint density at radius 2 is 1.74 bits per heavy atom. The summed E-state index contributed by atoms with van der Waals surface area (Å²) < 4.78 is 5.43. The summed E-state index contributed by atoms with van der Waals surface area (Å²) in [6.07, 6.45) is 0.910. The number of para-hydroxylation sites is 1. The molecule has 0 aliphatic carbocycles. The van der Waals surface area contributed by atoms with Gasteiger partial charge in [0.05, 0.1) is 5.56 Å². The molecule has 3 aromatic carbocycles. The van der Waals surface area contributed by atoms with Crippen molar-refractivity contribution in [2.45, 2.75) is 13.3 Å². The number of benzene rings is 3. The number of nitrogens with one attached hydrogen (secondary N) is 2. The third-order valence-electron chi connectivity index (χ3n) is 4.92. The molecule has 6 heteroatoms. The second-order valence-electron chi connectivity index (χ2n) is 7.02. The Balaban J connectivity index is 1.51. The van der Waals surface area contributed by atoms with E-state index in [0.717, 1.165) is 17.4 Å². The second-order valence-corrected chi connectivity index (χ2v) is 7.43. The van der Waals surface area contributed by atoms with Crippen molar-refractivity contribution in [3.63, 3.8) is 0 Å². The zero-order chi connectivity index (χ0) is 21.8. The van der Waals surface area contributed by atoms with Gasteiger partial charge in [0.2, 0.25) is 0 Å². The maximum absolute atomic E-state index is 12.4. The molecule has 0 saturated carbocycles. The normalized spacial score (nSPS) is 10.6. The molecule has 5 nitrogen and oxygen atoms in total. The maximum Gasteiger partial charge on any atom is 0.344 e. The lowest BCUT2D eigenvalue weighted by atomic mass is 10.1. The zero-order valence-corrected chi connectivity index (χ0v) is 17.7. The number of carbonyl (C=O) groups excluding carboxylic acids is 1. The third-order valence-corrected chi connectivity index (χ3v) is 5.13. The number of carbonyl (C=O) groups is 1. The molecule has 0 radical (unpaired) electrons. The van der Waals surface area contributed by atoms with Crippen molar-refractivity contribution in [2.24, 2.45) is 0 Å². The molecule has 1 amide bonds. The highest BCUT2D eigenvalue weighted by Crippen LogP contribution is 2.23. The van der Waals surface area contributed by atoms with E-state index in [1.165, 1.54) is 0 Å². The van der Waals surface area contributed by atoms with E-state index in [0.29, 0.717) is 28.0 Å². The Hall–Kier alpha value is -3.77. The zero-order valence-electron chi connectivity index (χ0n) is 16.8. The SMILES string of the molecule is CCc1ccc(C(=O)NC(=S)Nc2cccc(-c3cc4ccccc4oc3=O)c2)cc1. The predicted molar refractivity (Wildman–Crippen MR) is 127 cm³/mol. The number of amides is 1. The van der Waals surface area contributed by atoms with Crippen LogP contribution in [0.5, 0.6) is 0 Å². The van der Waals surface area contributed by atoms with E-state index in [4.69, 9.17) is 16.6 Å². The van der Waals surface area contributed by atoms with Crippen LogP contribution in [0.1, 0.15) is 22.8 Å². The molecule has 1 aromatic heterocycles. The van der Waals surface area contributed by atoms with Crippen LogP contribution in [0.25, 0.3) is 22.1 Å². The summed E-state index contributed by atoms with van der Waals surface area (Å²) >= 11 is 5.29. The van der Waals surface area contributed by atoms with Crippen LogP contribution in [-0.4, -0.2) is 11.0 Å². The van der Waals surface area contributed by atoms with Gasteiger partial charge in [0.15, 0.2) is 5.11 Å². The molecule has 4 rings (SSSR count). The fourth-order valence-corrected chi connectivity index (χ4v) is 3.47. The van der Waals surface area contributed by atoms with Crippen molar-refractivity contribution < 1.29 is 9.21 Å². The van der Waals surface area contributed by atoms with E-state index < -0.39 is 5.63 Å². The van der Waals surface area contributed by atoms with Crippen LogP contribution >= 0.6 is 12.2 Å². The first-order valence-electron chi connectivity index (χ1n) is 9.88. The van der Waals surface area contributed by atoms with E-state index in [1.807, 2.05) is 36.4 Å². The van der Waals surface area contributed by atoms with E-state index in [9.17, 15) is 9.59 Å². The Morgan fingerprint density at radius 3 is 2.52 bits per heavy atom. The first-order valence-corrected chi connectivity index (χ1v) is 10.3. The molecule has 31 heavy (non-hydrogen) atoms. The number of thiocarbonyl (C=S) groups is 1. The minimum absolute atomic E-state index is 0.173. The molecule has 0 saturated heterocycles. The molecule has 0 fully saturated rings. The maximum atomic E-state index is 12.4. The van der Waals surface area contributed by atoms with Gasteiger partial charge >= 0.3 is 5.63 Å². The van der Waals surface area contributed by atoms with E-state index in [-0.39, 0.29) is 11.0 Å². The summed E-state index contributed by atoms with van der Waals surface area (Å²) in [6, 6.07) is 23.8. The van der Waals surface area contributed by atoms with Crippen LogP contribution < -0.4 is 16.3 Å². The van der Waals surface area contributed by atoms with Gasteiger partial charge in [-0.15, -0.1) is 0 Å². The molecule has 2 N–H and O–H groups in total. The highest BCUT2D eigenvalue weighted by atomic mass is 32.1. The highest BCUT2D eigenvalue weighted by molar-refractivity contribution is 7.80. The van der Waals surface area contributed by atoms with Crippen molar-refractivity contribution >= 4 is 39.9 Å². The Morgan fingerprint density at radius 1 is 0.968 bits per heavy atom. The lowest BCUT2D eigenvalue weighted by molar-refractivity contribution is 0.0977. The quantitative estimate of drug-likeness (QED) is 0.347. The summed E-state index contributed by atoms with van der Waals surface area (Å²) in [6.45, 7) is 2.06. The minimum atomic E-state index is -0.415. The number of anilines is 1. The van der Waals surface area contributed by atoms with Crippen LogP contribution in [0, 0.1) is 0 Å². The summed E-state index contributed by atoms with van der Waals surface area (Å²) in [4.78, 5) is 24.9.